The van der Waals surface area contributed by atoms with Crippen molar-refractivity contribution in [1.82, 2.24) is 0 Å². The minimum Gasteiger partial charge on any atom is -0.321 e. The van der Waals surface area contributed by atoms with Gasteiger partial charge < -0.3 is 5.32 Å². The summed E-state index contributed by atoms with van der Waals surface area (Å²) in [7, 11) is 0. The standard InChI is InChI=1S/C12H12BrNO/c13-10-7-3-4-8-11(10)14-12(15)9-5-1-2-6-9/h3-5,7-8H,1-2,6H2,(H,14,15). The van der Waals surface area contributed by atoms with Crippen LogP contribution in [-0.2, 0) is 4.79 Å². The molecule has 1 aliphatic carbocycles. The zero-order chi connectivity index (χ0) is 10.7. The van der Waals surface area contributed by atoms with E-state index < -0.39 is 0 Å². The molecule has 2 nitrogen and oxygen atoms in total. The Morgan fingerprint density at radius 2 is 2.13 bits per heavy atom. The molecule has 1 aromatic carbocycles. The predicted molar refractivity (Wildman–Crippen MR) is 64.7 cm³/mol. The van der Waals surface area contributed by atoms with Crippen molar-refractivity contribution < 1.29 is 4.79 Å². The molecular weight excluding hydrogens is 254 g/mol. The fourth-order valence-corrected chi connectivity index (χ4v) is 2.03. The third-order valence-electron chi connectivity index (χ3n) is 2.45. The molecule has 0 radical (unpaired) electrons. The third-order valence-corrected chi connectivity index (χ3v) is 3.15. The van der Waals surface area contributed by atoms with Crippen LogP contribution in [0.5, 0.6) is 0 Å². The van der Waals surface area contributed by atoms with E-state index in [1.54, 1.807) is 0 Å². The Morgan fingerprint density at radius 3 is 2.80 bits per heavy atom. The number of hydrogen-bond donors (Lipinski definition) is 1. The molecule has 2 rings (SSSR count). The van der Waals surface area contributed by atoms with Gasteiger partial charge in [0.1, 0.15) is 0 Å². The lowest BCUT2D eigenvalue weighted by atomic mass is 10.2. The maximum Gasteiger partial charge on any atom is 0.251 e. The molecule has 0 saturated heterocycles. The van der Waals surface area contributed by atoms with Crippen LogP contribution in [0.4, 0.5) is 5.69 Å². The first-order valence-electron chi connectivity index (χ1n) is 5.02. The van der Waals surface area contributed by atoms with Crippen LogP contribution < -0.4 is 5.32 Å². The summed E-state index contributed by atoms with van der Waals surface area (Å²) in [5.74, 6) is 0.0272. The topological polar surface area (TPSA) is 29.1 Å². The quantitative estimate of drug-likeness (QED) is 0.872. The van der Waals surface area contributed by atoms with Gasteiger partial charge in [-0.3, -0.25) is 4.79 Å². The Bertz CT molecular complexity index is 412. The first-order valence-corrected chi connectivity index (χ1v) is 5.81. The second kappa shape index (κ2) is 4.62. The Labute approximate surface area is 97.5 Å². The maximum absolute atomic E-state index is 11.8. The SMILES string of the molecule is O=C(Nc1ccccc1Br)C1=CCCC1. The Morgan fingerprint density at radius 1 is 1.33 bits per heavy atom. The normalized spacial score (nSPS) is 14.9. The second-order valence-electron chi connectivity index (χ2n) is 3.56. The smallest absolute Gasteiger partial charge is 0.251 e. The van der Waals surface area contributed by atoms with Gasteiger partial charge in [-0.25, -0.2) is 0 Å². The number of rotatable bonds is 2. The van der Waals surface area contributed by atoms with Gasteiger partial charge in [-0.15, -0.1) is 0 Å². The molecule has 0 unspecified atom stereocenters. The lowest BCUT2D eigenvalue weighted by molar-refractivity contribution is -0.112. The van der Waals surface area contributed by atoms with Crippen molar-refractivity contribution in [2.24, 2.45) is 0 Å². The highest BCUT2D eigenvalue weighted by atomic mass is 79.9. The van der Waals surface area contributed by atoms with Gasteiger partial charge in [0.15, 0.2) is 0 Å². The van der Waals surface area contributed by atoms with Crippen LogP contribution in [0.15, 0.2) is 40.4 Å². The molecule has 1 aliphatic rings. The molecule has 0 fully saturated rings. The van der Waals surface area contributed by atoms with Crippen LogP contribution in [0.1, 0.15) is 19.3 Å². The second-order valence-corrected chi connectivity index (χ2v) is 4.41. The number of benzene rings is 1. The minimum absolute atomic E-state index is 0.0272. The fraction of sp³-hybridized carbons (Fsp3) is 0.250. The highest BCUT2D eigenvalue weighted by Gasteiger charge is 2.13. The summed E-state index contributed by atoms with van der Waals surface area (Å²) in [4.78, 5) is 11.8. The highest BCUT2D eigenvalue weighted by Crippen LogP contribution is 2.24. The van der Waals surface area contributed by atoms with Crippen molar-refractivity contribution in [3.63, 3.8) is 0 Å². The summed E-state index contributed by atoms with van der Waals surface area (Å²) in [6.07, 6.45) is 5.04. The van der Waals surface area contributed by atoms with Gasteiger partial charge in [-0.05, 0) is 47.3 Å². The molecule has 3 heteroatoms. The van der Waals surface area contributed by atoms with E-state index in [4.69, 9.17) is 0 Å². The van der Waals surface area contributed by atoms with Crippen LogP contribution in [0, 0.1) is 0 Å². The minimum atomic E-state index is 0.0272. The molecular formula is C12H12BrNO. The molecule has 0 bridgehead atoms. The Balaban J connectivity index is 2.09. The lowest BCUT2D eigenvalue weighted by Gasteiger charge is -2.07. The summed E-state index contributed by atoms with van der Waals surface area (Å²) in [5, 5.41) is 2.90. The van der Waals surface area contributed by atoms with Gasteiger partial charge >= 0.3 is 0 Å². The van der Waals surface area contributed by atoms with Crippen LogP contribution in [-0.4, -0.2) is 5.91 Å². The number of carbonyl (C=O) groups excluding carboxylic acids is 1. The molecule has 0 aliphatic heterocycles. The average molecular weight is 266 g/mol. The van der Waals surface area contributed by atoms with Crippen LogP contribution in [0.25, 0.3) is 0 Å². The number of allylic oxidation sites excluding steroid dienone is 1. The van der Waals surface area contributed by atoms with Gasteiger partial charge in [-0.2, -0.15) is 0 Å². The number of hydrogen-bond acceptors (Lipinski definition) is 1. The average Bonchev–Trinajstić information content (AvgIpc) is 2.74. The van der Waals surface area contributed by atoms with Crippen molar-refractivity contribution in [1.29, 1.82) is 0 Å². The van der Waals surface area contributed by atoms with E-state index in [1.165, 1.54) is 0 Å². The van der Waals surface area contributed by atoms with E-state index in [9.17, 15) is 4.79 Å². The van der Waals surface area contributed by atoms with Gasteiger partial charge in [0.25, 0.3) is 5.91 Å². The van der Waals surface area contributed by atoms with Crippen molar-refractivity contribution in [2.75, 3.05) is 5.32 Å². The first-order chi connectivity index (χ1) is 7.27. The Kier molecular flexibility index (Phi) is 3.21. The number of amides is 1. The first kappa shape index (κ1) is 10.4. The van der Waals surface area contributed by atoms with E-state index in [2.05, 4.69) is 21.2 Å². The summed E-state index contributed by atoms with van der Waals surface area (Å²) in [6, 6.07) is 7.63. The summed E-state index contributed by atoms with van der Waals surface area (Å²) in [6.45, 7) is 0. The monoisotopic (exact) mass is 265 g/mol. The van der Waals surface area contributed by atoms with Gasteiger partial charge in [-0.1, -0.05) is 18.2 Å². The predicted octanol–water partition coefficient (Wildman–Crippen LogP) is 3.50. The number of para-hydroxylation sites is 1. The van der Waals surface area contributed by atoms with E-state index in [0.717, 1.165) is 35.0 Å². The van der Waals surface area contributed by atoms with E-state index in [-0.39, 0.29) is 5.91 Å². The molecule has 0 aromatic heterocycles. The van der Waals surface area contributed by atoms with E-state index in [0.29, 0.717) is 0 Å². The molecule has 0 spiro atoms. The van der Waals surface area contributed by atoms with Crippen LogP contribution in [0.2, 0.25) is 0 Å². The van der Waals surface area contributed by atoms with Crippen molar-refractivity contribution in [2.45, 2.75) is 19.3 Å². The number of carbonyl (C=O) groups is 1. The summed E-state index contributed by atoms with van der Waals surface area (Å²) >= 11 is 3.40. The number of halogens is 1. The van der Waals surface area contributed by atoms with Crippen molar-refractivity contribution in [3.05, 3.63) is 40.4 Å². The molecule has 78 valence electrons. The highest BCUT2D eigenvalue weighted by molar-refractivity contribution is 9.10. The summed E-state index contributed by atoms with van der Waals surface area (Å²) in [5.41, 5.74) is 1.74. The molecule has 0 saturated carbocycles. The largest absolute Gasteiger partial charge is 0.321 e. The zero-order valence-electron chi connectivity index (χ0n) is 8.29. The van der Waals surface area contributed by atoms with Crippen molar-refractivity contribution in [3.8, 4) is 0 Å². The fourth-order valence-electron chi connectivity index (χ4n) is 1.64. The van der Waals surface area contributed by atoms with E-state index >= 15 is 0 Å². The van der Waals surface area contributed by atoms with Gasteiger partial charge in [0.05, 0.1) is 5.69 Å². The molecule has 0 heterocycles. The van der Waals surface area contributed by atoms with Crippen LogP contribution in [0.3, 0.4) is 0 Å². The van der Waals surface area contributed by atoms with Gasteiger partial charge in [0, 0.05) is 10.0 Å². The van der Waals surface area contributed by atoms with Crippen LogP contribution >= 0.6 is 15.9 Å². The molecule has 15 heavy (non-hydrogen) atoms. The van der Waals surface area contributed by atoms with Crippen molar-refractivity contribution >= 4 is 27.5 Å². The molecule has 0 atom stereocenters. The lowest BCUT2D eigenvalue weighted by Crippen LogP contribution is -2.13. The molecule has 1 aromatic rings. The van der Waals surface area contributed by atoms with E-state index in [1.807, 2.05) is 30.3 Å². The third kappa shape index (κ3) is 2.48. The summed E-state index contributed by atoms with van der Waals surface area (Å²) < 4.78 is 0.914. The Hall–Kier alpha value is -1.09. The zero-order valence-corrected chi connectivity index (χ0v) is 9.88. The number of anilines is 1. The maximum atomic E-state index is 11.8. The molecule has 1 N–H and O–H groups in total. The van der Waals surface area contributed by atoms with Gasteiger partial charge in [0.2, 0.25) is 0 Å². The molecule has 1 amide bonds. The number of nitrogens with one attached hydrogen (secondary N) is 1.